The minimum Gasteiger partial charge on any atom is -0.369 e. The second-order valence-electron chi connectivity index (χ2n) is 9.42. The molecule has 32 heavy (non-hydrogen) atoms. The Labute approximate surface area is 190 Å². The van der Waals surface area contributed by atoms with E-state index in [1.54, 1.807) is 5.01 Å². The minimum atomic E-state index is -0.223. The predicted octanol–water partition coefficient (Wildman–Crippen LogP) is 2.75. The maximum atomic E-state index is 12.1. The van der Waals surface area contributed by atoms with Crippen LogP contribution in [-0.4, -0.2) is 67.5 Å². The Morgan fingerprint density at radius 2 is 1.69 bits per heavy atom. The number of anilines is 1. The van der Waals surface area contributed by atoms with E-state index in [2.05, 4.69) is 39.5 Å². The Balaban J connectivity index is 1.26. The van der Waals surface area contributed by atoms with Gasteiger partial charge in [-0.3, -0.25) is 24.8 Å². The lowest BCUT2D eigenvalue weighted by molar-refractivity contribution is -0.134. The molecule has 3 aliphatic heterocycles. The second-order valence-corrected chi connectivity index (χ2v) is 9.42. The lowest BCUT2D eigenvalue weighted by atomic mass is 9.82. The van der Waals surface area contributed by atoms with Gasteiger partial charge in [-0.05, 0) is 48.8 Å². The van der Waals surface area contributed by atoms with Crippen LogP contribution >= 0.6 is 0 Å². The van der Waals surface area contributed by atoms with Crippen LogP contribution in [0.3, 0.4) is 0 Å². The van der Waals surface area contributed by atoms with Gasteiger partial charge >= 0.3 is 0 Å². The normalized spacial score (nSPS) is 24.3. The zero-order valence-electron chi connectivity index (χ0n) is 19.0. The van der Waals surface area contributed by atoms with Gasteiger partial charge in [0.1, 0.15) is 0 Å². The number of imide groups is 1. The third kappa shape index (κ3) is 5.28. The third-order valence-electron chi connectivity index (χ3n) is 7.59. The monoisotopic (exact) mass is 441 g/mol. The maximum Gasteiger partial charge on any atom is 0.234 e. The van der Waals surface area contributed by atoms with Crippen molar-refractivity contribution < 1.29 is 9.59 Å². The molecule has 3 saturated heterocycles. The van der Waals surface area contributed by atoms with Gasteiger partial charge in [0.15, 0.2) is 0 Å². The highest BCUT2D eigenvalue weighted by atomic mass is 16.3. The van der Waals surface area contributed by atoms with E-state index in [4.69, 9.17) is 0 Å². The quantitative estimate of drug-likeness (QED) is 0.517. The highest BCUT2D eigenvalue weighted by Gasteiger charge is 2.29. The van der Waals surface area contributed by atoms with E-state index < -0.39 is 0 Å². The van der Waals surface area contributed by atoms with Gasteiger partial charge in [-0.1, -0.05) is 25.5 Å². The average Bonchev–Trinajstić information content (AvgIpc) is 2.83. The number of hydrogen-bond donors (Lipinski definition) is 1. The molecule has 8 heteroatoms. The number of nitrogens with zero attached hydrogens (tertiary/aromatic N) is 4. The van der Waals surface area contributed by atoms with Gasteiger partial charge in [-0.25, -0.2) is 0 Å². The molecule has 0 aromatic heterocycles. The van der Waals surface area contributed by atoms with Crippen LogP contribution in [0.15, 0.2) is 29.6 Å². The van der Waals surface area contributed by atoms with Crippen molar-refractivity contribution in [3.63, 3.8) is 0 Å². The molecule has 4 rings (SSSR count). The van der Waals surface area contributed by atoms with Gasteiger partial charge in [-0.15, -0.1) is 4.91 Å². The molecule has 2 amide bonds. The van der Waals surface area contributed by atoms with Crippen molar-refractivity contribution in [2.75, 3.05) is 50.7 Å². The molecule has 0 saturated carbocycles. The zero-order chi connectivity index (χ0) is 22.5. The van der Waals surface area contributed by atoms with E-state index >= 15 is 0 Å². The van der Waals surface area contributed by atoms with Gasteiger partial charge < -0.3 is 4.90 Å². The Bertz CT molecular complexity index is 798. The predicted molar refractivity (Wildman–Crippen MR) is 124 cm³/mol. The summed E-state index contributed by atoms with van der Waals surface area (Å²) < 4.78 is 0. The number of carbonyl (C=O) groups is 2. The van der Waals surface area contributed by atoms with Crippen molar-refractivity contribution in [1.82, 2.24) is 15.2 Å². The standard InChI is InChI=1S/C24H35N5O3/c1-2-18(19-9-11-29(26-32)12-10-19)17-27-13-15-28(16-14-27)21-5-3-20(4-6-21)22-7-8-23(30)25-24(22)31/h3-6,18-19,22H,2,7-17H2,1H3,(H,25,30,31). The third-order valence-corrected chi connectivity index (χ3v) is 7.59. The first-order valence-corrected chi connectivity index (χ1v) is 12.1. The molecular weight excluding hydrogens is 406 g/mol. The Hall–Kier alpha value is -2.48. The van der Waals surface area contributed by atoms with E-state index in [1.165, 1.54) is 12.1 Å². The number of benzene rings is 1. The average molecular weight is 442 g/mol. The van der Waals surface area contributed by atoms with Gasteiger partial charge in [0.05, 0.1) is 11.2 Å². The second kappa shape index (κ2) is 10.4. The van der Waals surface area contributed by atoms with Crippen molar-refractivity contribution in [2.45, 2.75) is 44.9 Å². The zero-order valence-corrected chi connectivity index (χ0v) is 19.0. The van der Waals surface area contributed by atoms with Crippen LogP contribution in [0.1, 0.15) is 50.5 Å². The smallest absolute Gasteiger partial charge is 0.234 e. The summed E-state index contributed by atoms with van der Waals surface area (Å²) in [4.78, 5) is 39.2. The van der Waals surface area contributed by atoms with E-state index in [9.17, 15) is 14.5 Å². The maximum absolute atomic E-state index is 12.1. The van der Waals surface area contributed by atoms with E-state index in [0.717, 1.165) is 64.2 Å². The van der Waals surface area contributed by atoms with E-state index in [1.807, 2.05) is 12.1 Å². The SMILES string of the molecule is CCC(CN1CCN(c2ccc(C3CCC(=O)NC3=O)cc2)CC1)C1CCN(N=O)CC1. The highest BCUT2D eigenvalue weighted by molar-refractivity contribution is 6.00. The summed E-state index contributed by atoms with van der Waals surface area (Å²) >= 11 is 0. The molecule has 8 nitrogen and oxygen atoms in total. The Kier molecular flexibility index (Phi) is 7.40. The first kappa shape index (κ1) is 22.7. The molecule has 3 heterocycles. The molecule has 0 radical (unpaired) electrons. The van der Waals surface area contributed by atoms with Gasteiger partial charge in [0.25, 0.3) is 0 Å². The summed E-state index contributed by atoms with van der Waals surface area (Å²) in [5.41, 5.74) is 2.18. The Morgan fingerprint density at radius 1 is 1.00 bits per heavy atom. The van der Waals surface area contributed by atoms with Crippen LogP contribution in [0, 0.1) is 16.7 Å². The number of carbonyl (C=O) groups excluding carboxylic acids is 2. The van der Waals surface area contributed by atoms with Gasteiger partial charge in [-0.2, -0.15) is 0 Å². The van der Waals surface area contributed by atoms with Crippen molar-refractivity contribution in [2.24, 2.45) is 17.1 Å². The minimum absolute atomic E-state index is 0.172. The number of amides is 2. The fraction of sp³-hybridized carbons (Fsp3) is 0.667. The first-order chi connectivity index (χ1) is 15.6. The Morgan fingerprint density at radius 3 is 2.28 bits per heavy atom. The van der Waals surface area contributed by atoms with Crippen LogP contribution in [0.25, 0.3) is 0 Å². The van der Waals surface area contributed by atoms with E-state index in [-0.39, 0.29) is 17.7 Å². The van der Waals surface area contributed by atoms with Crippen LogP contribution in [-0.2, 0) is 9.59 Å². The van der Waals surface area contributed by atoms with Crippen LogP contribution in [0.4, 0.5) is 5.69 Å². The molecule has 0 aliphatic carbocycles. The number of hydrogen-bond acceptors (Lipinski definition) is 6. The fourth-order valence-corrected chi connectivity index (χ4v) is 5.50. The topological polar surface area (TPSA) is 85.3 Å². The number of piperazine rings is 1. The first-order valence-electron chi connectivity index (χ1n) is 12.1. The van der Waals surface area contributed by atoms with Crippen LogP contribution in [0.5, 0.6) is 0 Å². The molecule has 2 unspecified atom stereocenters. The van der Waals surface area contributed by atoms with Crippen LogP contribution in [0.2, 0.25) is 0 Å². The van der Waals surface area contributed by atoms with Gasteiger partial charge in [0, 0.05) is 57.9 Å². The van der Waals surface area contributed by atoms with Crippen molar-refractivity contribution in [3.8, 4) is 0 Å². The molecule has 1 N–H and O–H groups in total. The molecule has 0 spiro atoms. The number of nitrogens with one attached hydrogen (secondary N) is 1. The number of piperidine rings is 2. The lowest BCUT2D eigenvalue weighted by Crippen LogP contribution is -2.48. The lowest BCUT2D eigenvalue weighted by Gasteiger charge is -2.40. The summed E-state index contributed by atoms with van der Waals surface area (Å²) in [6.07, 6.45) is 4.33. The molecule has 3 aliphatic rings. The fourth-order valence-electron chi connectivity index (χ4n) is 5.50. The summed E-state index contributed by atoms with van der Waals surface area (Å²) in [5.74, 6) is 0.799. The highest BCUT2D eigenvalue weighted by Crippen LogP contribution is 2.30. The summed E-state index contributed by atoms with van der Waals surface area (Å²) in [7, 11) is 0. The molecule has 1 aromatic carbocycles. The number of rotatable bonds is 7. The summed E-state index contributed by atoms with van der Waals surface area (Å²) in [5, 5.41) is 7.20. The molecule has 3 fully saturated rings. The molecule has 1 aromatic rings. The number of nitroso groups, excluding NO2 is 1. The largest absolute Gasteiger partial charge is 0.369 e. The molecule has 0 bridgehead atoms. The molecular formula is C24H35N5O3. The van der Waals surface area contributed by atoms with Crippen molar-refractivity contribution in [1.29, 1.82) is 0 Å². The van der Waals surface area contributed by atoms with Crippen LogP contribution < -0.4 is 10.2 Å². The summed E-state index contributed by atoms with van der Waals surface area (Å²) in [6.45, 7) is 9.14. The molecule has 2 atom stereocenters. The molecule has 174 valence electrons. The summed E-state index contributed by atoms with van der Waals surface area (Å²) in [6, 6.07) is 8.29. The van der Waals surface area contributed by atoms with Crippen molar-refractivity contribution in [3.05, 3.63) is 34.7 Å². The van der Waals surface area contributed by atoms with Crippen molar-refractivity contribution >= 4 is 17.5 Å². The van der Waals surface area contributed by atoms with E-state index in [0.29, 0.717) is 24.7 Å². The van der Waals surface area contributed by atoms with Gasteiger partial charge in [0.2, 0.25) is 11.8 Å².